The SMILES string of the molecule is CCN1CCO[C@@H](C(=O)N[C@@H](C)Cc2cccc(OC)c2)C1. The first kappa shape index (κ1) is 16.8. The number of morpholine rings is 1. The average molecular weight is 306 g/mol. The highest BCUT2D eigenvalue weighted by molar-refractivity contribution is 5.81. The Bertz CT molecular complexity index is 493. The van der Waals surface area contributed by atoms with Crippen molar-refractivity contribution in [2.45, 2.75) is 32.4 Å². The summed E-state index contributed by atoms with van der Waals surface area (Å²) in [7, 11) is 1.66. The van der Waals surface area contributed by atoms with Gasteiger partial charge in [-0.1, -0.05) is 19.1 Å². The summed E-state index contributed by atoms with van der Waals surface area (Å²) in [5, 5.41) is 3.05. The standard InChI is InChI=1S/C17H26N2O3/c1-4-19-8-9-22-16(12-19)17(20)18-13(2)10-14-6-5-7-15(11-14)21-3/h5-7,11,13,16H,4,8-10,12H2,1-3H3,(H,18,20)/t13-,16+/m0/s1. The molecule has 0 aromatic heterocycles. The molecule has 0 unspecified atom stereocenters. The molecule has 1 amide bonds. The molecule has 0 bridgehead atoms. The number of amides is 1. The zero-order valence-electron chi connectivity index (χ0n) is 13.7. The monoisotopic (exact) mass is 306 g/mol. The van der Waals surface area contributed by atoms with Crippen molar-refractivity contribution in [2.75, 3.05) is 33.4 Å². The summed E-state index contributed by atoms with van der Waals surface area (Å²) in [6, 6.07) is 7.98. The maximum Gasteiger partial charge on any atom is 0.250 e. The highest BCUT2D eigenvalue weighted by atomic mass is 16.5. The lowest BCUT2D eigenvalue weighted by molar-refractivity contribution is -0.139. The van der Waals surface area contributed by atoms with Gasteiger partial charge in [0, 0.05) is 19.1 Å². The van der Waals surface area contributed by atoms with Gasteiger partial charge in [-0.2, -0.15) is 0 Å². The molecular weight excluding hydrogens is 280 g/mol. The number of nitrogens with zero attached hydrogens (tertiary/aromatic N) is 1. The minimum Gasteiger partial charge on any atom is -0.497 e. The van der Waals surface area contributed by atoms with Gasteiger partial charge < -0.3 is 14.8 Å². The molecule has 1 N–H and O–H groups in total. The molecule has 0 spiro atoms. The van der Waals surface area contributed by atoms with Crippen LogP contribution in [0.4, 0.5) is 0 Å². The molecule has 1 aromatic carbocycles. The van der Waals surface area contributed by atoms with E-state index in [2.05, 4.69) is 17.1 Å². The highest BCUT2D eigenvalue weighted by Gasteiger charge is 2.26. The fourth-order valence-electron chi connectivity index (χ4n) is 2.69. The molecule has 2 atom stereocenters. The van der Waals surface area contributed by atoms with E-state index in [4.69, 9.17) is 9.47 Å². The fraction of sp³-hybridized carbons (Fsp3) is 0.588. The van der Waals surface area contributed by atoms with Gasteiger partial charge in [0.05, 0.1) is 13.7 Å². The Hall–Kier alpha value is -1.59. The summed E-state index contributed by atoms with van der Waals surface area (Å²) in [6.45, 7) is 7.26. The van der Waals surface area contributed by atoms with Crippen LogP contribution in [-0.2, 0) is 16.0 Å². The van der Waals surface area contributed by atoms with E-state index in [1.54, 1.807) is 7.11 Å². The summed E-state index contributed by atoms with van der Waals surface area (Å²) in [5.74, 6) is 0.818. The van der Waals surface area contributed by atoms with E-state index in [9.17, 15) is 4.79 Å². The Morgan fingerprint density at radius 3 is 3.09 bits per heavy atom. The molecule has 0 aliphatic carbocycles. The Morgan fingerprint density at radius 2 is 2.36 bits per heavy atom. The number of carbonyl (C=O) groups is 1. The fourth-order valence-corrected chi connectivity index (χ4v) is 2.69. The molecule has 1 saturated heterocycles. The van der Waals surface area contributed by atoms with E-state index >= 15 is 0 Å². The second kappa shape index (κ2) is 8.15. The average Bonchev–Trinajstić information content (AvgIpc) is 2.54. The van der Waals surface area contributed by atoms with Crippen molar-refractivity contribution in [2.24, 2.45) is 0 Å². The molecule has 1 heterocycles. The molecular formula is C17H26N2O3. The van der Waals surface area contributed by atoms with Crippen LogP contribution in [-0.4, -0.2) is 56.3 Å². The minimum atomic E-state index is -0.360. The molecule has 5 heteroatoms. The highest BCUT2D eigenvalue weighted by Crippen LogP contribution is 2.14. The van der Waals surface area contributed by atoms with Crippen molar-refractivity contribution in [1.29, 1.82) is 0 Å². The maximum atomic E-state index is 12.3. The van der Waals surface area contributed by atoms with Gasteiger partial charge >= 0.3 is 0 Å². The largest absolute Gasteiger partial charge is 0.497 e. The van der Waals surface area contributed by atoms with E-state index in [0.29, 0.717) is 13.2 Å². The molecule has 2 rings (SSSR count). The number of carbonyl (C=O) groups excluding carboxylic acids is 1. The molecule has 1 aromatic rings. The lowest BCUT2D eigenvalue weighted by Crippen LogP contribution is -2.51. The number of benzene rings is 1. The summed E-state index contributed by atoms with van der Waals surface area (Å²) in [6.07, 6.45) is 0.411. The topological polar surface area (TPSA) is 50.8 Å². The van der Waals surface area contributed by atoms with E-state index in [1.165, 1.54) is 0 Å². The predicted molar refractivity (Wildman–Crippen MR) is 86.2 cm³/mol. The lowest BCUT2D eigenvalue weighted by Gasteiger charge is -2.31. The second-order valence-electron chi connectivity index (χ2n) is 5.72. The van der Waals surface area contributed by atoms with Crippen molar-refractivity contribution in [3.8, 4) is 5.75 Å². The minimum absolute atomic E-state index is 0.0199. The van der Waals surface area contributed by atoms with E-state index in [-0.39, 0.29) is 18.1 Å². The van der Waals surface area contributed by atoms with Gasteiger partial charge in [-0.3, -0.25) is 9.69 Å². The van der Waals surface area contributed by atoms with Crippen LogP contribution >= 0.6 is 0 Å². The van der Waals surface area contributed by atoms with Gasteiger partial charge in [-0.15, -0.1) is 0 Å². The lowest BCUT2D eigenvalue weighted by atomic mass is 10.1. The van der Waals surface area contributed by atoms with E-state index in [1.807, 2.05) is 31.2 Å². The summed E-state index contributed by atoms with van der Waals surface area (Å²) in [4.78, 5) is 14.5. The van der Waals surface area contributed by atoms with Crippen molar-refractivity contribution < 1.29 is 14.3 Å². The molecule has 0 saturated carbocycles. The van der Waals surface area contributed by atoms with Crippen LogP contribution in [0.15, 0.2) is 24.3 Å². The number of likely N-dealkylation sites (N-methyl/N-ethyl adjacent to an activating group) is 1. The Morgan fingerprint density at radius 1 is 1.55 bits per heavy atom. The van der Waals surface area contributed by atoms with Crippen LogP contribution in [0.5, 0.6) is 5.75 Å². The number of methoxy groups -OCH3 is 1. The van der Waals surface area contributed by atoms with Crippen LogP contribution in [0, 0.1) is 0 Å². The van der Waals surface area contributed by atoms with Gasteiger partial charge in [0.1, 0.15) is 11.9 Å². The van der Waals surface area contributed by atoms with Gasteiger partial charge in [0.2, 0.25) is 0 Å². The molecule has 1 aliphatic rings. The summed E-state index contributed by atoms with van der Waals surface area (Å²) >= 11 is 0. The Balaban J connectivity index is 1.85. The number of ether oxygens (including phenoxy) is 2. The quantitative estimate of drug-likeness (QED) is 0.864. The second-order valence-corrected chi connectivity index (χ2v) is 5.72. The van der Waals surface area contributed by atoms with Crippen LogP contribution in [0.3, 0.4) is 0 Å². The Kier molecular flexibility index (Phi) is 6.21. The van der Waals surface area contributed by atoms with Crippen molar-refractivity contribution in [3.05, 3.63) is 29.8 Å². The zero-order valence-corrected chi connectivity index (χ0v) is 13.7. The molecule has 122 valence electrons. The molecule has 5 nitrogen and oxygen atoms in total. The molecule has 1 aliphatic heterocycles. The van der Waals surface area contributed by atoms with E-state index in [0.717, 1.165) is 30.8 Å². The van der Waals surface area contributed by atoms with Gasteiger partial charge in [0.25, 0.3) is 5.91 Å². The van der Waals surface area contributed by atoms with Crippen molar-refractivity contribution >= 4 is 5.91 Å². The first-order chi connectivity index (χ1) is 10.6. The van der Waals surface area contributed by atoms with Crippen LogP contribution in [0.1, 0.15) is 19.4 Å². The smallest absolute Gasteiger partial charge is 0.250 e. The van der Waals surface area contributed by atoms with Crippen LogP contribution < -0.4 is 10.1 Å². The maximum absolute atomic E-state index is 12.3. The van der Waals surface area contributed by atoms with Gasteiger partial charge in [-0.05, 0) is 37.6 Å². The summed E-state index contributed by atoms with van der Waals surface area (Å²) in [5.41, 5.74) is 1.15. The number of hydrogen-bond acceptors (Lipinski definition) is 4. The predicted octanol–water partition coefficient (Wildman–Crippen LogP) is 1.46. The molecule has 22 heavy (non-hydrogen) atoms. The van der Waals surface area contributed by atoms with Crippen LogP contribution in [0.2, 0.25) is 0 Å². The van der Waals surface area contributed by atoms with Crippen molar-refractivity contribution in [1.82, 2.24) is 10.2 Å². The van der Waals surface area contributed by atoms with E-state index < -0.39 is 0 Å². The van der Waals surface area contributed by atoms with Crippen molar-refractivity contribution in [3.63, 3.8) is 0 Å². The van der Waals surface area contributed by atoms with Gasteiger partial charge in [-0.25, -0.2) is 0 Å². The molecule has 1 fully saturated rings. The third-order valence-electron chi connectivity index (χ3n) is 3.95. The first-order valence-electron chi connectivity index (χ1n) is 7.89. The summed E-state index contributed by atoms with van der Waals surface area (Å²) < 4.78 is 10.8. The number of rotatable bonds is 6. The zero-order chi connectivity index (χ0) is 15.9. The van der Waals surface area contributed by atoms with Crippen LogP contribution in [0.25, 0.3) is 0 Å². The Labute approximate surface area is 132 Å². The molecule has 0 radical (unpaired) electrons. The third kappa shape index (κ3) is 4.71. The normalized spacial score (nSPS) is 20.4. The number of hydrogen-bond donors (Lipinski definition) is 1. The number of nitrogens with one attached hydrogen (secondary N) is 1. The first-order valence-corrected chi connectivity index (χ1v) is 7.89. The van der Waals surface area contributed by atoms with Gasteiger partial charge in [0.15, 0.2) is 0 Å². The third-order valence-corrected chi connectivity index (χ3v) is 3.95.